The molecule has 2 aromatic rings. The molecule has 0 spiro atoms. The van der Waals surface area contributed by atoms with Gasteiger partial charge in [-0.05, 0) is 6.07 Å². The van der Waals surface area contributed by atoms with E-state index in [1.54, 1.807) is 18.2 Å². The minimum atomic E-state index is -0.366. The van der Waals surface area contributed by atoms with Gasteiger partial charge in [-0.1, -0.05) is 30.0 Å². The molecule has 0 amide bonds. The Morgan fingerprint density at radius 2 is 2.38 bits per heavy atom. The molecular weight excluding hydrogens is 297 g/mol. The number of methoxy groups -OCH3 is 1. The number of hydrogen-bond donors (Lipinski definition) is 2. The van der Waals surface area contributed by atoms with Crippen LogP contribution in [0.1, 0.15) is 5.56 Å². The van der Waals surface area contributed by atoms with E-state index < -0.39 is 0 Å². The van der Waals surface area contributed by atoms with E-state index >= 15 is 0 Å². The van der Waals surface area contributed by atoms with Gasteiger partial charge in [0, 0.05) is 5.56 Å². The Bertz CT molecular complexity index is 646. The van der Waals surface area contributed by atoms with E-state index in [0.29, 0.717) is 10.7 Å². The Hall–Kier alpha value is -2.42. The summed E-state index contributed by atoms with van der Waals surface area (Å²) in [6.45, 7) is 0. The number of nitrogens with one attached hydrogen (secondary N) is 2. The second kappa shape index (κ2) is 7.39. The molecule has 21 heavy (non-hydrogen) atoms. The summed E-state index contributed by atoms with van der Waals surface area (Å²) >= 11 is 1.13. The third-order valence-electron chi connectivity index (χ3n) is 2.29. The number of H-pyrrole nitrogens is 1. The van der Waals surface area contributed by atoms with Crippen molar-refractivity contribution in [1.29, 1.82) is 0 Å². The number of halogens is 1. The summed E-state index contributed by atoms with van der Waals surface area (Å²) in [5.41, 5.74) is 2.94. The molecule has 0 aliphatic heterocycles. The fraction of sp³-hybridized carbons (Fsp3) is 0.167. The van der Waals surface area contributed by atoms with Gasteiger partial charge in [0.25, 0.3) is 0 Å². The lowest BCUT2D eigenvalue weighted by atomic mass is 10.2. The van der Waals surface area contributed by atoms with Crippen LogP contribution in [0.2, 0.25) is 0 Å². The van der Waals surface area contributed by atoms with Crippen LogP contribution < -0.4 is 5.43 Å². The van der Waals surface area contributed by atoms with E-state index in [0.717, 1.165) is 11.8 Å². The van der Waals surface area contributed by atoms with Gasteiger partial charge >= 0.3 is 5.97 Å². The molecule has 0 saturated heterocycles. The monoisotopic (exact) mass is 309 g/mol. The maximum atomic E-state index is 13.3. The van der Waals surface area contributed by atoms with Crippen molar-refractivity contribution in [3.05, 3.63) is 35.6 Å². The van der Waals surface area contributed by atoms with E-state index in [4.69, 9.17) is 0 Å². The van der Waals surface area contributed by atoms with Crippen molar-refractivity contribution < 1.29 is 13.9 Å². The normalized spacial score (nSPS) is 10.8. The lowest BCUT2D eigenvalue weighted by Crippen LogP contribution is -2.03. The van der Waals surface area contributed by atoms with E-state index in [1.807, 2.05) is 0 Å². The highest BCUT2D eigenvalue weighted by Gasteiger charge is 2.07. The third-order valence-corrected chi connectivity index (χ3v) is 3.11. The second-order valence-corrected chi connectivity index (χ2v) is 4.67. The number of hydrogen-bond acceptors (Lipinski definition) is 7. The zero-order valence-corrected chi connectivity index (χ0v) is 11.9. The number of rotatable bonds is 6. The predicted molar refractivity (Wildman–Crippen MR) is 76.7 cm³/mol. The average molecular weight is 309 g/mol. The van der Waals surface area contributed by atoms with Crippen molar-refractivity contribution in [1.82, 2.24) is 15.2 Å². The average Bonchev–Trinajstić information content (AvgIpc) is 2.94. The number of thioether (sulfide) groups is 1. The molecule has 0 saturated carbocycles. The van der Waals surface area contributed by atoms with Crippen molar-refractivity contribution in [2.75, 3.05) is 18.3 Å². The van der Waals surface area contributed by atoms with E-state index in [2.05, 4.69) is 30.4 Å². The van der Waals surface area contributed by atoms with E-state index in [9.17, 15) is 9.18 Å². The SMILES string of the molecule is COC(=O)CSc1n[nH]c(NN=Cc2ccccc2F)n1. The summed E-state index contributed by atoms with van der Waals surface area (Å²) in [5, 5.41) is 10.7. The zero-order chi connectivity index (χ0) is 15.1. The molecule has 7 nitrogen and oxygen atoms in total. The van der Waals surface area contributed by atoms with Gasteiger partial charge in [0.1, 0.15) is 5.82 Å². The lowest BCUT2D eigenvalue weighted by Gasteiger charge is -1.95. The number of aromatic nitrogens is 3. The summed E-state index contributed by atoms with van der Waals surface area (Å²) in [7, 11) is 1.31. The van der Waals surface area contributed by atoms with Gasteiger partial charge in [0.15, 0.2) is 0 Å². The van der Waals surface area contributed by atoms with Gasteiger partial charge in [-0.15, -0.1) is 5.10 Å². The first-order chi connectivity index (χ1) is 10.2. The summed E-state index contributed by atoms with van der Waals surface area (Å²) in [6, 6.07) is 6.25. The molecule has 0 bridgehead atoms. The number of nitrogens with zero attached hydrogens (tertiary/aromatic N) is 3. The molecule has 0 atom stereocenters. The molecule has 110 valence electrons. The smallest absolute Gasteiger partial charge is 0.316 e. The summed E-state index contributed by atoms with van der Waals surface area (Å²) < 4.78 is 17.8. The van der Waals surface area contributed by atoms with Gasteiger partial charge in [-0.2, -0.15) is 10.1 Å². The summed E-state index contributed by atoms with van der Waals surface area (Å²) in [6.07, 6.45) is 1.33. The Morgan fingerprint density at radius 1 is 1.57 bits per heavy atom. The highest BCUT2D eigenvalue weighted by Crippen LogP contribution is 2.13. The van der Waals surface area contributed by atoms with Crippen LogP contribution in [0, 0.1) is 5.82 Å². The maximum Gasteiger partial charge on any atom is 0.316 e. The molecule has 0 radical (unpaired) electrons. The van der Waals surface area contributed by atoms with Gasteiger partial charge < -0.3 is 4.74 Å². The summed E-state index contributed by atoms with van der Waals surface area (Å²) in [5.74, 6) is -0.325. The van der Waals surface area contributed by atoms with Crippen LogP contribution in [-0.4, -0.2) is 40.2 Å². The number of esters is 1. The quantitative estimate of drug-likeness (QED) is 0.365. The van der Waals surface area contributed by atoms with Crippen LogP contribution in [0.3, 0.4) is 0 Å². The van der Waals surface area contributed by atoms with Crippen molar-refractivity contribution in [3.8, 4) is 0 Å². The van der Waals surface area contributed by atoms with Gasteiger partial charge in [-0.25, -0.2) is 14.9 Å². The molecule has 0 unspecified atom stereocenters. The molecular formula is C12H12FN5O2S. The number of carbonyl (C=O) groups excluding carboxylic acids is 1. The van der Waals surface area contributed by atoms with Crippen LogP contribution in [0.5, 0.6) is 0 Å². The second-order valence-electron chi connectivity index (χ2n) is 3.72. The molecule has 9 heteroatoms. The van der Waals surface area contributed by atoms with Crippen LogP contribution in [-0.2, 0) is 9.53 Å². The Morgan fingerprint density at radius 3 is 3.14 bits per heavy atom. The number of benzene rings is 1. The molecule has 0 aliphatic carbocycles. The van der Waals surface area contributed by atoms with Crippen LogP contribution >= 0.6 is 11.8 Å². The summed E-state index contributed by atoms with van der Waals surface area (Å²) in [4.78, 5) is 15.0. The van der Waals surface area contributed by atoms with Crippen LogP contribution in [0.4, 0.5) is 10.3 Å². The first kappa shape index (κ1) is 15.0. The van der Waals surface area contributed by atoms with Gasteiger partial charge in [-0.3, -0.25) is 4.79 Å². The minimum Gasteiger partial charge on any atom is -0.468 e. The van der Waals surface area contributed by atoms with Crippen molar-refractivity contribution in [3.63, 3.8) is 0 Å². The van der Waals surface area contributed by atoms with Crippen molar-refractivity contribution >= 4 is 29.9 Å². The first-order valence-corrected chi connectivity index (χ1v) is 6.83. The van der Waals surface area contributed by atoms with E-state index in [1.165, 1.54) is 19.4 Å². The molecule has 1 heterocycles. The maximum absolute atomic E-state index is 13.3. The molecule has 1 aromatic carbocycles. The van der Waals surface area contributed by atoms with Gasteiger partial charge in [0.2, 0.25) is 11.1 Å². The number of anilines is 1. The largest absolute Gasteiger partial charge is 0.468 e. The highest BCUT2D eigenvalue weighted by molar-refractivity contribution is 7.99. The number of carbonyl (C=O) groups is 1. The third kappa shape index (κ3) is 4.56. The Kier molecular flexibility index (Phi) is 5.27. The lowest BCUT2D eigenvalue weighted by molar-refractivity contribution is -0.137. The molecule has 1 aromatic heterocycles. The standard InChI is InChI=1S/C12H12FN5O2S/c1-20-10(19)7-21-12-15-11(17-18-12)16-14-6-8-4-2-3-5-9(8)13/h2-6H,7H2,1H3,(H2,15,16,17,18). The fourth-order valence-electron chi connectivity index (χ4n) is 1.29. The molecule has 0 fully saturated rings. The topological polar surface area (TPSA) is 92.3 Å². The first-order valence-electron chi connectivity index (χ1n) is 5.84. The van der Waals surface area contributed by atoms with Gasteiger partial charge in [0.05, 0.1) is 19.1 Å². The van der Waals surface area contributed by atoms with Crippen molar-refractivity contribution in [2.45, 2.75) is 5.16 Å². The van der Waals surface area contributed by atoms with E-state index in [-0.39, 0.29) is 23.5 Å². The Labute approximate surface area is 124 Å². The molecule has 0 aliphatic rings. The molecule has 2 rings (SSSR count). The number of aromatic amines is 1. The number of ether oxygens (including phenoxy) is 1. The Balaban J connectivity index is 1.88. The predicted octanol–water partition coefficient (Wildman–Crippen LogP) is 1.65. The molecule has 2 N–H and O–H groups in total. The zero-order valence-electron chi connectivity index (χ0n) is 11.0. The number of hydrazone groups is 1. The van der Waals surface area contributed by atoms with Crippen molar-refractivity contribution in [2.24, 2.45) is 5.10 Å². The van der Waals surface area contributed by atoms with Crippen LogP contribution in [0.15, 0.2) is 34.5 Å². The fourth-order valence-corrected chi connectivity index (χ4v) is 1.92. The highest BCUT2D eigenvalue weighted by atomic mass is 32.2. The minimum absolute atomic E-state index is 0.117. The van der Waals surface area contributed by atoms with Crippen LogP contribution in [0.25, 0.3) is 0 Å².